The van der Waals surface area contributed by atoms with E-state index in [4.69, 9.17) is 8.99 Å². The summed E-state index contributed by atoms with van der Waals surface area (Å²) in [5.74, 6) is 1.61. The molecule has 0 atom stereocenters. The van der Waals surface area contributed by atoms with Crippen LogP contribution in [0.1, 0.15) is 10.4 Å². The van der Waals surface area contributed by atoms with Gasteiger partial charge in [-0.15, -0.1) is 11.8 Å². The number of carbonyl (C=O) groups excluding carboxylic acids is 1. The summed E-state index contributed by atoms with van der Waals surface area (Å²) in [6.45, 7) is 0.750. The van der Waals surface area contributed by atoms with Crippen molar-refractivity contribution >= 4 is 34.8 Å². The van der Waals surface area contributed by atoms with Gasteiger partial charge in [0.25, 0.3) is 11.6 Å². The summed E-state index contributed by atoms with van der Waals surface area (Å²) in [6.07, 6.45) is 0. The Bertz CT molecular complexity index is 494. The molecule has 0 spiro atoms. The van der Waals surface area contributed by atoms with Gasteiger partial charge < -0.3 is 4.90 Å². The molecule has 1 heterocycles. The predicted molar refractivity (Wildman–Crippen MR) is 72.3 cm³/mol. The van der Waals surface area contributed by atoms with Crippen molar-refractivity contribution in [1.29, 1.82) is 4.78 Å². The van der Waals surface area contributed by atoms with Crippen LogP contribution < -0.4 is 0 Å². The van der Waals surface area contributed by atoms with E-state index in [1.54, 1.807) is 16.7 Å². The van der Waals surface area contributed by atoms with Gasteiger partial charge in [0.1, 0.15) is 0 Å². The summed E-state index contributed by atoms with van der Waals surface area (Å²) in [7, 11) is 0. The van der Waals surface area contributed by atoms with Crippen molar-refractivity contribution in [1.82, 2.24) is 4.90 Å². The standard InChI is InChI=1S/C10H10N2O3S.HNOS/c13-10(11-5-6-16-7-11)8-1-3-9(4-2-8)12(14)15;1-3-2/h1-4H,5-7H2;1H. The SMILES string of the molecule is N=S=O.O=C(c1ccc([N+](=O)[O-])cc1)N1CCSC1. The molecule has 0 unspecified atom stereocenters. The number of carbonyl (C=O) groups is 1. The van der Waals surface area contributed by atoms with E-state index in [-0.39, 0.29) is 23.1 Å². The van der Waals surface area contributed by atoms with Crippen LogP contribution in [0.15, 0.2) is 24.3 Å². The van der Waals surface area contributed by atoms with Gasteiger partial charge in [0, 0.05) is 30.0 Å². The molecule has 9 heteroatoms. The number of nitrogens with one attached hydrogen (secondary N) is 1. The number of benzene rings is 1. The Balaban J connectivity index is 0.000000550. The second-order valence-electron chi connectivity index (χ2n) is 3.49. The second-order valence-corrected chi connectivity index (χ2v) is 4.73. The lowest BCUT2D eigenvalue weighted by Crippen LogP contribution is -2.27. The molecule has 1 aliphatic rings. The Morgan fingerprint density at radius 2 is 2.00 bits per heavy atom. The molecule has 0 aliphatic carbocycles. The number of hydrogen-bond acceptors (Lipinski definition) is 6. The molecule has 1 aliphatic heterocycles. The summed E-state index contributed by atoms with van der Waals surface area (Å²) in [6, 6.07) is 5.72. The monoisotopic (exact) mass is 301 g/mol. The molecule has 0 saturated carbocycles. The van der Waals surface area contributed by atoms with Gasteiger partial charge in [-0.2, -0.15) is 4.21 Å². The number of rotatable bonds is 2. The lowest BCUT2D eigenvalue weighted by molar-refractivity contribution is -0.384. The summed E-state index contributed by atoms with van der Waals surface area (Å²) in [4.78, 5) is 23.6. The quantitative estimate of drug-likeness (QED) is 0.661. The van der Waals surface area contributed by atoms with E-state index in [0.29, 0.717) is 11.4 Å². The van der Waals surface area contributed by atoms with Crippen molar-refractivity contribution < 1.29 is 13.9 Å². The molecule has 1 amide bonds. The molecule has 0 aromatic heterocycles. The number of nitro benzene ring substituents is 1. The summed E-state index contributed by atoms with van der Waals surface area (Å²) in [5.41, 5.74) is 0.514. The fraction of sp³-hybridized carbons (Fsp3) is 0.300. The fourth-order valence-electron chi connectivity index (χ4n) is 1.48. The lowest BCUT2D eigenvalue weighted by atomic mass is 10.2. The van der Waals surface area contributed by atoms with E-state index in [0.717, 1.165) is 12.3 Å². The van der Waals surface area contributed by atoms with Gasteiger partial charge in [0.2, 0.25) is 0 Å². The van der Waals surface area contributed by atoms with Crippen molar-refractivity contribution in [2.45, 2.75) is 0 Å². The molecule has 7 nitrogen and oxygen atoms in total. The largest absolute Gasteiger partial charge is 0.329 e. The molecule has 1 N–H and O–H groups in total. The maximum atomic E-state index is 11.9. The molecule has 19 heavy (non-hydrogen) atoms. The van der Waals surface area contributed by atoms with Crippen molar-refractivity contribution in [3.8, 4) is 0 Å². The third-order valence-electron chi connectivity index (χ3n) is 2.36. The van der Waals surface area contributed by atoms with E-state index < -0.39 is 4.92 Å². The number of amides is 1. The zero-order valence-electron chi connectivity index (χ0n) is 9.77. The van der Waals surface area contributed by atoms with Gasteiger partial charge in [-0.05, 0) is 12.1 Å². The highest BCUT2D eigenvalue weighted by molar-refractivity contribution is 7.99. The van der Waals surface area contributed by atoms with Crippen LogP contribution in [0.3, 0.4) is 0 Å². The minimum absolute atomic E-state index is 0.00680. The molecule has 102 valence electrons. The smallest absolute Gasteiger partial charge is 0.269 e. The van der Waals surface area contributed by atoms with Gasteiger partial charge in [-0.25, -0.2) is 4.78 Å². The molecule has 1 aromatic carbocycles. The van der Waals surface area contributed by atoms with Crippen LogP contribution in [-0.4, -0.2) is 38.1 Å². The molecular formula is C10H11N3O4S2. The molecule has 0 radical (unpaired) electrons. The second kappa shape index (κ2) is 7.64. The Morgan fingerprint density at radius 3 is 2.42 bits per heavy atom. The summed E-state index contributed by atoms with van der Waals surface area (Å²) >= 11 is 1.46. The maximum Gasteiger partial charge on any atom is 0.269 e. The third kappa shape index (κ3) is 4.45. The molecule has 1 fully saturated rings. The van der Waals surface area contributed by atoms with E-state index in [1.165, 1.54) is 24.3 Å². The van der Waals surface area contributed by atoms with E-state index in [1.807, 2.05) is 0 Å². The molecule has 1 saturated heterocycles. The number of nitrogens with zero attached hydrogens (tertiary/aromatic N) is 2. The normalized spacial score (nSPS) is 13.4. The van der Waals surface area contributed by atoms with Crippen molar-refractivity contribution in [2.75, 3.05) is 18.2 Å². The van der Waals surface area contributed by atoms with E-state index >= 15 is 0 Å². The van der Waals surface area contributed by atoms with Crippen LogP contribution >= 0.6 is 11.8 Å². The fourth-order valence-corrected chi connectivity index (χ4v) is 2.43. The number of non-ortho nitro benzene ring substituents is 1. The molecular weight excluding hydrogens is 290 g/mol. The van der Waals surface area contributed by atoms with Crippen LogP contribution in [0.2, 0.25) is 0 Å². The first kappa shape index (κ1) is 15.3. The van der Waals surface area contributed by atoms with Crippen LogP contribution in [0.5, 0.6) is 0 Å². The van der Waals surface area contributed by atoms with Gasteiger partial charge in [-0.3, -0.25) is 14.9 Å². The molecule has 0 bridgehead atoms. The number of hydrogen-bond donors (Lipinski definition) is 1. The van der Waals surface area contributed by atoms with Gasteiger partial charge in [0.15, 0.2) is 11.5 Å². The van der Waals surface area contributed by atoms with E-state index in [2.05, 4.69) is 0 Å². The maximum absolute atomic E-state index is 11.9. The van der Waals surface area contributed by atoms with Crippen molar-refractivity contribution in [3.63, 3.8) is 0 Å². The lowest BCUT2D eigenvalue weighted by Gasteiger charge is -2.13. The Labute approximate surface area is 117 Å². The average molecular weight is 301 g/mol. The summed E-state index contributed by atoms with van der Waals surface area (Å²) < 4.78 is 14.1. The number of nitro groups is 1. The topological polar surface area (TPSA) is 104 Å². The van der Waals surface area contributed by atoms with Gasteiger partial charge >= 0.3 is 0 Å². The third-order valence-corrected chi connectivity index (χ3v) is 3.33. The summed E-state index contributed by atoms with van der Waals surface area (Å²) in [5, 5.41) is 10.4. The zero-order chi connectivity index (χ0) is 14.3. The highest BCUT2D eigenvalue weighted by atomic mass is 32.2. The average Bonchev–Trinajstić information content (AvgIpc) is 2.93. The first-order chi connectivity index (χ1) is 9.10. The number of thioether (sulfide) groups is 1. The van der Waals surface area contributed by atoms with Crippen molar-refractivity contribution in [2.24, 2.45) is 0 Å². The minimum atomic E-state index is -0.472. The van der Waals surface area contributed by atoms with Crippen molar-refractivity contribution in [3.05, 3.63) is 39.9 Å². The Morgan fingerprint density at radius 1 is 1.42 bits per heavy atom. The first-order valence-corrected chi connectivity index (χ1v) is 7.06. The van der Waals surface area contributed by atoms with E-state index in [9.17, 15) is 14.9 Å². The Kier molecular flexibility index (Phi) is 6.16. The van der Waals surface area contributed by atoms with Gasteiger partial charge in [-0.1, -0.05) is 0 Å². The predicted octanol–water partition coefficient (Wildman–Crippen LogP) is 1.70. The minimum Gasteiger partial charge on any atom is -0.329 e. The first-order valence-electron chi connectivity index (χ1n) is 5.17. The molecule has 2 rings (SSSR count). The Hall–Kier alpha value is -1.74. The molecule has 1 aromatic rings. The van der Waals surface area contributed by atoms with Crippen LogP contribution in [0.25, 0.3) is 0 Å². The van der Waals surface area contributed by atoms with Crippen LogP contribution in [0, 0.1) is 14.9 Å². The van der Waals surface area contributed by atoms with Crippen LogP contribution in [-0.2, 0) is 11.5 Å². The highest BCUT2D eigenvalue weighted by Gasteiger charge is 2.20. The van der Waals surface area contributed by atoms with Gasteiger partial charge in [0.05, 0.1) is 10.8 Å². The van der Waals surface area contributed by atoms with Crippen LogP contribution in [0.4, 0.5) is 5.69 Å². The zero-order valence-corrected chi connectivity index (χ0v) is 11.4. The highest BCUT2D eigenvalue weighted by Crippen LogP contribution is 2.18.